The summed E-state index contributed by atoms with van der Waals surface area (Å²) in [5.74, 6) is 0.0315. The van der Waals surface area contributed by atoms with Crippen molar-refractivity contribution < 1.29 is 9.63 Å². The van der Waals surface area contributed by atoms with Crippen LogP contribution in [-0.2, 0) is 9.63 Å². The largest absolute Gasteiger partial charge is 0.382 e. The Balaban J connectivity index is 1.47. The number of carbonyl (C=O) groups excluding carboxylic acids is 1. The van der Waals surface area contributed by atoms with E-state index >= 15 is 0 Å². The summed E-state index contributed by atoms with van der Waals surface area (Å²) in [7, 11) is 0. The van der Waals surface area contributed by atoms with Crippen molar-refractivity contribution in [2.24, 2.45) is 5.16 Å². The second-order valence-corrected chi connectivity index (χ2v) is 6.17. The number of nitrogens with zero attached hydrogens (tertiary/aromatic N) is 3. The summed E-state index contributed by atoms with van der Waals surface area (Å²) in [6.07, 6.45) is 5.57. The van der Waals surface area contributed by atoms with Crippen molar-refractivity contribution in [1.29, 1.82) is 0 Å². The number of hydrogen-bond donors (Lipinski definition) is 0. The number of likely N-dealkylation sites (tertiary alicyclic amines) is 1. The monoisotopic (exact) mass is 321 g/mol. The number of pyridine rings is 1. The van der Waals surface area contributed by atoms with E-state index < -0.39 is 6.10 Å². The van der Waals surface area contributed by atoms with E-state index in [4.69, 9.17) is 4.84 Å². The maximum atomic E-state index is 12.9. The van der Waals surface area contributed by atoms with Gasteiger partial charge in [-0.05, 0) is 36.1 Å². The van der Waals surface area contributed by atoms with Crippen LogP contribution in [0.5, 0.6) is 0 Å². The molecule has 0 saturated carbocycles. The normalized spacial score (nSPS) is 23.0. The zero-order valence-electron chi connectivity index (χ0n) is 13.3. The molecule has 3 heterocycles. The van der Waals surface area contributed by atoms with Gasteiger partial charge >= 0.3 is 0 Å². The molecule has 2 atom stereocenters. The number of amides is 1. The van der Waals surface area contributed by atoms with Gasteiger partial charge in [0.05, 0.1) is 11.8 Å². The summed E-state index contributed by atoms with van der Waals surface area (Å²) in [4.78, 5) is 24.4. The van der Waals surface area contributed by atoms with Crippen molar-refractivity contribution in [2.75, 3.05) is 6.54 Å². The van der Waals surface area contributed by atoms with Crippen molar-refractivity contribution in [1.82, 2.24) is 9.88 Å². The van der Waals surface area contributed by atoms with Crippen LogP contribution in [0.3, 0.4) is 0 Å². The summed E-state index contributed by atoms with van der Waals surface area (Å²) in [6, 6.07) is 14.0. The van der Waals surface area contributed by atoms with Crippen molar-refractivity contribution in [2.45, 2.75) is 31.4 Å². The van der Waals surface area contributed by atoms with Crippen LogP contribution >= 0.6 is 0 Å². The van der Waals surface area contributed by atoms with Gasteiger partial charge < -0.3 is 9.74 Å². The fourth-order valence-corrected chi connectivity index (χ4v) is 3.46. The van der Waals surface area contributed by atoms with Gasteiger partial charge in [0, 0.05) is 25.4 Å². The Morgan fingerprint density at radius 1 is 1.12 bits per heavy atom. The summed E-state index contributed by atoms with van der Waals surface area (Å²) >= 11 is 0. The van der Waals surface area contributed by atoms with Crippen LogP contribution in [0.15, 0.2) is 60.0 Å². The van der Waals surface area contributed by atoms with Gasteiger partial charge in [0.15, 0.2) is 0 Å². The lowest BCUT2D eigenvalue weighted by atomic mass is 10.0. The fraction of sp³-hybridized carbons (Fsp3) is 0.316. The quantitative estimate of drug-likeness (QED) is 0.873. The van der Waals surface area contributed by atoms with E-state index in [9.17, 15) is 4.79 Å². The smallest absolute Gasteiger partial charge is 0.267 e. The number of aromatic nitrogens is 1. The highest BCUT2D eigenvalue weighted by molar-refractivity contribution is 6.04. The Kier molecular flexibility index (Phi) is 3.99. The number of carbonyl (C=O) groups is 1. The molecule has 0 unspecified atom stereocenters. The van der Waals surface area contributed by atoms with Gasteiger partial charge in [-0.15, -0.1) is 0 Å². The molecule has 4 rings (SSSR count). The molecule has 2 aliphatic heterocycles. The van der Waals surface area contributed by atoms with Gasteiger partial charge in [-0.1, -0.05) is 35.5 Å². The van der Waals surface area contributed by atoms with Crippen molar-refractivity contribution in [3.05, 3.63) is 66.0 Å². The first-order valence-electron chi connectivity index (χ1n) is 8.31. The topological polar surface area (TPSA) is 54.8 Å². The average Bonchev–Trinajstić information content (AvgIpc) is 3.32. The van der Waals surface area contributed by atoms with Crippen molar-refractivity contribution in [3.8, 4) is 0 Å². The lowest BCUT2D eigenvalue weighted by Gasteiger charge is -2.26. The Morgan fingerprint density at radius 2 is 1.92 bits per heavy atom. The highest BCUT2D eigenvalue weighted by atomic mass is 16.6. The maximum Gasteiger partial charge on any atom is 0.267 e. The first-order chi connectivity index (χ1) is 11.8. The molecular weight excluding hydrogens is 302 g/mol. The summed E-state index contributed by atoms with van der Waals surface area (Å²) in [5, 5.41) is 4.14. The number of benzene rings is 1. The van der Waals surface area contributed by atoms with Gasteiger partial charge in [-0.2, -0.15) is 0 Å². The lowest BCUT2D eigenvalue weighted by Crippen LogP contribution is -2.38. The Hall–Kier alpha value is -2.69. The van der Waals surface area contributed by atoms with Crippen LogP contribution in [0.4, 0.5) is 0 Å². The van der Waals surface area contributed by atoms with Gasteiger partial charge in [-0.3, -0.25) is 9.78 Å². The third-order valence-corrected chi connectivity index (χ3v) is 4.68. The van der Waals surface area contributed by atoms with Crippen LogP contribution in [0.1, 0.15) is 36.4 Å². The van der Waals surface area contributed by atoms with E-state index in [1.165, 1.54) is 0 Å². The molecule has 1 fully saturated rings. The maximum absolute atomic E-state index is 12.9. The van der Waals surface area contributed by atoms with Gasteiger partial charge in [-0.25, -0.2) is 0 Å². The lowest BCUT2D eigenvalue weighted by molar-refractivity contribution is -0.143. The zero-order valence-corrected chi connectivity index (χ0v) is 13.3. The third kappa shape index (κ3) is 2.77. The molecule has 1 saturated heterocycles. The Labute approximate surface area is 141 Å². The van der Waals surface area contributed by atoms with E-state index in [2.05, 4.69) is 10.1 Å². The molecule has 0 N–H and O–H groups in total. The third-order valence-electron chi connectivity index (χ3n) is 4.68. The predicted molar refractivity (Wildman–Crippen MR) is 90.4 cm³/mol. The van der Waals surface area contributed by atoms with Gasteiger partial charge in [0.25, 0.3) is 5.91 Å². The van der Waals surface area contributed by atoms with Crippen LogP contribution in [-0.4, -0.2) is 34.2 Å². The molecule has 0 bridgehead atoms. The zero-order chi connectivity index (χ0) is 16.4. The van der Waals surface area contributed by atoms with Crippen LogP contribution < -0.4 is 0 Å². The Bertz CT molecular complexity index is 746. The van der Waals surface area contributed by atoms with Crippen LogP contribution in [0.25, 0.3) is 0 Å². The number of rotatable bonds is 3. The van der Waals surface area contributed by atoms with Crippen molar-refractivity contribution >= 4 is 11.6 Å². The molecule has 0 spiro atoms. The standard InChI is InChI=1S/C19H19N3O2/c23-19(18-13-16(21-24-18)14-5-2-1-3-6-14)22-12-4-7-17(22)15-8-10-20-11-9-15/h1-3,5-6,8-11,17-18H,4,7,12-13H2/t17-,18-/m0/s1. The summed E-state index contributed by atoms with van der Waals surface area (Å²) in [5.41, 5.74) is 2.99. The second kappa shape index (κ2) is 6.43. The second-order valence-electron chi connectivity index (χ2n) is 6.17. The summed E-state index contributed by atoms with van der Waals surface area (Å²) < 4.78 is 0. The minimum atomic E-state index is -0.511. The summed E-state index contributed by atoms with van der Waals surface area (Å²) in [6.45, 7) is 0.770. The van der Waals surface area contributed by atoms with Crippen molar-refractivity contribution in [3.63, 3.8) is 0 Å². The highest BCUT2D eigenvalue weighted by Crippen LogP contribution is 2.33. The molecule has 0 radical (unpaired) electrons. The number of oxime groups is 1. The molecule has 0 aliphatic carbocycles. The van der Waals surface area contributed by atoms with E-state index in [1.807, 2.05) is 47.4 Å². The molecule has 1 amide bonds. The molecule has 2 aliphatic rings. The first kappa shape index (κ1) is 14.9. The first-order valence-corrected chi connectivity index (χ1v) is 8.31. The molecule has 1 aromatic carbocycles. The van der Waals surface area contributed by atoms with Gasteiger partial charge in [0.2, 0.25) is 6.10 Å². The van der Waals surface area contributed by atoms with Gasteiger partial charge in [0.1, 0.15) is 0 Å². The fourth-order valence-electron chi connectivity index (χ4n) is 3.46. The molecule has 5 nitrogen and oxygen atoms in total. The SMILES string of the molecule is O=C([C@@H]1CC(c2ccccc2)=NO1)N1CCC[C@H]1c1ccncc1. The number of hydrogen-bond acceptors (Lipinski definition) is 4. The predicted octanol–water partition coefficient (Wildman–Crippen LogP) is 2.94. The molecule has 24 heavy (non-hydrogen) atoms. The molecule has 5 heteroatoms. The van der Waals surface area contributed by atoms with Crippen LogP contribution in [0.2, 0.25) is 0 Å². The highest BCUT2D eigenvalue weighted by Gasteiger charge is 2.38. The van der Waals surface area contributed by atoms with Crippen LogP contribution in [0, 0.1) is 0 Å². The van der Waals surface area contributed by atoms with E-state index in [-0.39, 0.29) is 11.9 Å². The van der Waals surface area contributed by atoms with E-state index in [1.54, 1.807) is 12.4 Å². The molecule has 122 valence electrons. The minimum absolute atomic E-state index is 0.0315. The molecule has 1 aromatic heterocycles. The minimum Gasteiger partial charge on any atom is -0.382 e. The molecular formula is C19H19N3O2. The Morgan fingerprint density at radius 3 is 2.71 bits per heavy atom. The molecule has 2 aromatic rings. The van der Waals surface area contributed by atoms with E-state index in [0.29, 0.717) is 6.42 Å². The van der Waals surface area contributed by atoms with E-state index in [0.717, 1.165) is 36.2 Å². The average molecular weight is 321 g/mol.